The van der Waals surface area contributed by atoms with Gasteiger partial charge in [-0.15, -0.1) is 0 Å². The summed E-state index contributed by atoms with van der Waals surface area (Å²) in [4.78, 5) is 19.3. The number of aliphatic hydroxyl groups is 1. The van der Waals surface area contributed by atoms with Crippen molar-refractivity contribution < 1.29 is 9.90 Å². The maximum atomic E-state index is 13.0. The molecule has 1 aliphatic heterocycles. The van der Waals surface area contributed by atoms with Crippen LogP contribution in [0.5, 0.6) is 0 Å². The van der Waals surface area contributed by atoms with Gasteiger partial charge in [0, 0.05) is 36.0 Å². The summed E-state index contributed by atoms with van der Waals surface area (Å²) in [5, 5.41) is 13.7. The van der Waals surface area contributed by atoms with Crippen LogP contribution >= 0.6 is 11.5 Å². The van der Waals surface area contributed by atoms with Gasteiger partial charge >= 0.3 is 0 Å². The summed E-state index contributed by atoms with van der Waals surface area (Å²) in [5.74, 6) is 0.879. The van der Waals surface area contributed by atoms with Crippen LogP contribution in [0.4, 0.5) is 11.4 Å². The molecule has 0 aliphatic carbocycles. The van der Waals surface area contributed by atoms with Gasteiger partial charge in [-0.1, -0.05) is 31.2 Å². The molecule has 2 heterocycles. The van der Waals surface area contributed by atoms with Gasteiger partial charge in [0.15, 0.2) is 0 Å². The SMILES string of the molecule is Cc1nsc(-c2ccc(C)c(NCC(=O)N3CCc4c([C@@H](C)CO)cccc43)c2)n1. The smallest absolute Gasteiger partial charge is 0.246 e. The van der Waals surface area contributed by atoms with Gasteiger partial charge in [0.05, 0.1) is 6.54 Å². The number of nitrogens with zero attached hydrogens (tertiary/aromatic N) is 3. The molecule has 3 aromatic rings. The summed E-state index contributed by atoms with van der Waals surface area (Å²) in [6, 6.07) is 12.1. The molecule has 0 unspecified atom stereocenters. The van der Waals surface area contributed by atoms with Crippen LogP contribution in [0.25, 0.3) is 10.6 Å². The van der Waals surface area contributed by atoms with Crippen LogP contribution < -0.4 is 10.2 Å². The van der Waals surface area contributed by atoms with Crippen LogP contribution in [-0.2, 0) is 11.2 Å². The van der Waals surface area contributed by atoms with Crippen molar-refractivity contribution in [2.75, 3.05) is 29.9 Å². The number of carbonyl (C=O) groups is 1. The lowest BCUT2D eigenvalue weighted by atomic mass is 9.95. The molecule has 0 bridgehead atoms. The van der Waals surface area contributed by atoms with Crippen molar-refractivity contribution in [3.8, 4) is 10.6 Å². The van der Waals surface area contributed by atoms with E-state index in [4.69, 9.17) is 0 Å². The standard InChI is InChI=1S/C23H26N4O2S/c1-14-7-8-17(23-25-16(3)26-30-23)11-20(14)24-12-22(29)27-10-9-19-18(15(2)13-28)5-4-6-21(19)27/h4-8,11,15,24,28H,9-10,12-13H2,1-3H3/t15-/m0/s1. The molecule has 156 valence electrons. The average molecular weight is 423 g/mol. The lowest BCUT2D eigenvalue weighted by Gasteiger charge is -2.20. The van der Waals surface area contributed by atoms with E-state index in [2.05, 4.69) is 20.7 Å². The maximum absolute atomic E-state index is 13.0. The minimum atomic E-state index is 0.0408. The molecule has 4 rings (SSSR count). The Morgan fingerprint density at radius 2 is 2.13 bits per heavy atom. The van der Waals surface area contributed by atoms with Crippen LogP contribution in [0.15, 0.2) is 36.4 Å². The second-order valence-electron chi connectivity index (χ2n) is 7.75. The van der Waals surface area contributed by atoms with Crippen molar-refractivity contribution in [3.63, 3.8) is 0 Å². The fourth-order valence-corrected chi connectivity index (χ4v) is 4.57. The molecule has 0 spiro atoms. The van der Waals surface area contributed by atoms with Crippen molar-refractivity contribution in [1.29, 1.82) is 0 Å². The van der Waals surface area contributed by atoms with Crippen molar-refractivity contribution in [2.24, 2.45) is 0 Å². The summed E-state index contributed by atoms with van der Waals surface area (Å²) in [5.41, 5.74) is 6.28. The number of carbonyl (C=O) groups excluding carboxylic acids is 1. The van der Waals surface area contributed by atoms with Gasteiger partial charge in [-0.25, -0.2) is 4.98 Å². The topological polar surface area (TPSA) is 78.4 Å². The first-order chi connectivity index (χ1) is 14.5. The zero-order valence-corrected chi connectivity index (χ0v) is 18.3. The number of benzene rings is 2. The van der Waals surface area contributed by atoms with E-state index in [1.165, 1.54) is 17.1 Å². The Balaban J connectivity index is 1.49. The quantitative estimate of drug-likeness (QED) is 0.630. The highest BCUT2D eigenvalue weighted by molar-refractivity contribution is 7.09. The molecule has 1 amide bonds. The molecule has 2 aromatic carbocycles. The fourth-order valence-electron chi connectivity index (χ4n) is 3.91. The van der Waals surface area contributed by atoms with E-state index in [0.29, 0.717) is 6.54 Å². The summed E-state index contributed by atoms with van der Waals surface area (Å²) in [7, 11) is 0. The summed E-state index contributed by atoms with van der Waals surface area (Å²) in [6.07, 6.45) is 0.826. The number of rotatable bonds is 6. The Morgan fingerprint density at radius 1 is 1.30 bits per heavy atom. The predicted octanol–water partition coefficient (Wildman–Crippen LogP) is 3.92. The predicted molar refractivity (Wildman–Crippen MR) is 121 cm³/mol. The maximum Gasteiger partial charge on any atom is 0.246 e. The highest BCUT2D eigenvalue weighted by atomic mass is 32.1. The zero-order valence-electron chi connectivity index (χ0n) is 17.5. The largest absolute Gasteiger partial charge is 0.396 e. The number of aryl methyl sites for hydroxylation is 2. The first-order valence-electron chi connectivity index (χ1n) is 10.2. The normalized spacial score (nSPS) is 13.9. The number of anilines is 2. The molecule has 0 saturated carbocycles. The summed E-state index contributed by atoms with van der Waals surface area (Å²) >= 11 is 1.38. The molecule has 0 radical (unpaired) electrons. The monoisotopic (exact) mass is 422 g/mol. The van der Waals surface area contributed by atoms with E-state index < -0.39 is 0 Å². The van der Waals surface area contributed by atoms with E-state index in [1.54, 1.807) is 0 Å². The van der Waals surface area contributed by atoms with Gasteiger partial charge in [0.2, 0.25) is 5.91 Å². The Labute approximate surface area is 180 Å². The number of nitrogens with one attached hydrogen (secondary N) is 1. The number of hydrogen-bond acceptors (Lipinski definition) is 6. The average Bonchev–Trinajstić information content (AvgIpc) is 3.38. The van der Waals surface area contributed by atoms with Crippen molar-refractivity contribution in [2.45, 2.75) is 33.1 Å². The number of aliphatic hydroxyl groups excluding tert-OH is 1. The fraction of sp³-hybridized carbons (Fsp3) is 0.348. The number of fused-ring (bicyclic) bond motifs is 1. The van der Waals surface area contributed by atoms with Crippen LogP contribution in [-0.4, -0.2) is 40.1 Å². The number of hydrogen-bond donors (Lipinski definition) is 2. The molecular weight excluding hydrogens is 396 g/mol. The Kier molecular flexibility index (Phi) is 5.83. The Hall–Kier alpha value is -2.77. The first kappa shape index (κ1) is 20.5. The number of aromatic nitrogens is 2. The Morgan fingerprint density at radius 3 is 2.87 bits per heavy atom. The van der Waals surface area contributed by atoms with Gasteiger partial charge in [0.25, 0.3) is 0 Å². The Bertz CT molecular complexity index is 1080. The molecule has 6 nitrogen and oxygen atoms in total. The molecule has 30 heavy (non-hydrogen) atoms. The molecule has 1 aliphatic rings. The number of amides is 1. The minimum absolute atomic E-state index is 0.0408. The molecular formula is C23H26N4O2S. The highest BCUT2D eigenvalue weighted by Crippen LogP contribution is 2.34. The van der Waals surface area contributed by atoms with E-state index in [-0.39, 0.29) is 25.0 Å². The van der Waals surface area contributed by atoms with E-state index >= 15 is 0 Å². The van der Waals surface area contributed by atoms with Crippen molar-refractivity contribution >= 4 is 28.8 Å². The van der Waals surface area contributed by atoms with Crippen LogP contribution in [0.3, 0.4) is 0 Å². The van der Waals surface area contributed by atoms with E-state index in [0.717, 1.165) is 45.3 Å². The second-order valence-corrected chi connectivity index (χ2v) is 8.51. The van der Waals surface area contributed by atoms with E-state index in [1.807, 2.05) is 56.0 Å². The van der Waals surface area contributed by atoms with Gasteiger partial charge in [-0.05, 0) is 60.6 Å². The van der Waals surface area contributed by atoms with E-state index in [9.17, 15) is 9.90 Å². The van der Waals surface area contributed by atoms with Crippen LogP contribution in [0.2, 0.25) is 0 Å². The zero-order chi connectivity index (χ0) is 21.3. The molecule has 0 saturated heterocycles. The van der Waals surface area contributed by atoms with Crippen molar-refractivity contribution in [3.05, 3.63) is 58.9 Å². The first-order valence-corrected chi connectivity index (χ1v) is 10.9. The van der Waals surface area contributed by atoms with Gasteiger partial charge in [0.1, 0.15) is 10.8 Å². The highest BCUT2D eigenvalue weighted by Gasteiger charge is 2.27. The molecule has 1 atom stereocenters. The van der Waals surface area contributed by atoms with Crippen LogP contribution in [0, 0.1) is 13.8 Å². The van der Waals surface area contributed by atoms with Gasteiger partial charge in [-0.3, -0.25) is 4.79 Å². The summed E-state index contributed by atoms with van der Waals surface area (Å²) in [6.45, 7) is 6.92. The third kappa shape index (κ3) is 3.95. The lowest BCUT2D eigenvalue weighted by molar-refractivity contribution is -0.116. The lowest BCUT2D eigenvalue weighted by Crippen LogP contribution is -2.34. The molecule has 0 fully saturated rings. The second kappa shape index (κ2) is 8.53. The van der Waals surface area contributed by atoms with Gasteiger partial charge < -0.3 is 15.3 Å². The van der Waals surface area contributed by atoms with Gasteiger partial charge in [-0.2, -0.15) is 4.37 Å². The van der Waals surface area contributed by atoms with Crippen molar-refractivity contribution in [1.82, 2.24) is 9.36 Å². The minimum Gasteiger partial charge on any atom is -0.396 e. The van der Waals surface area contributed by atoms with Crippen LogP contribution in [0.1, 0.15) is 35.4 Å². The molecule has 1 aromatic heterocycles. The molecule has 7 heteroatoms. The third-order valence-corrected chi connectivity index (χ3v) is 6.47. The molecule has 2 N–H and O–H groups in total. The third-order valence-electron chi connectivity index (χ3n) is 5.61. The summed E-state index contributed by atoms with van der Waals surface area (Å²) < 4.78 is 4.25.